The molecule has 3 N–H and O–H groups in total. The van der Waals surface area contributed by atoms with E-state index in [0.29, 0.717) is 12.1 Å². The summed E-state index contributed by atoms with van der Waals surface area (Å²) >= 11 is 1.77. The number of aromatic nitrogens is 1. The first-order valence-corrected chi connectivity index (χ1v) is 11.2. The van der Waals surface area contributed by atoms with Gasteiger partial charge in [-0.1, -0.05) is 26.0 Å². The lowest BCUT2D eigenvalue weighted by Crippen LogP contribution is -2.38. The summed E-state index contributed by atoms with van der Waals surface area (Å²) < 4.78 is 0. The van der Waals surface area contributed by atoms with Crippen LogP contribution in [-0.4, -0.2) is 36.0 Å². The zero-order chi connectivity index (χ0) is 21.1. The van der Waals surface area contributed by atoms with Crippen LogP contribution in [0.25, 0.3) is 0 Å². The average molecular weight is 416 g/mol. The maximum atomic E-state index is 12.3. The minimum atomic E-state index is -0.0369. The number of aliphatic imine (C=N–C) groups is 1. The molecule has 0 aliphatic carbocycles. The van der Waals surface area contributed by atoms with E-state index in [1.807, 2.05) is 44.3 Å². The van der Waals surface area contributed by atoms with Gasteiger partial charge in [-0.2, -0.15) is 0 Å². The molecule has 1 amide bonds. The van der Waals surface area contributed by atoms with Crippen LogP contribution in [0.2, 0.25) is 0 Å². The van der Waals surface area contributed by atoms with Crippen molar-refractivity contribution < 1.29 is 4.79 Å². The number of nitrogens with one attached hydrogen (secondary N) is 3. The van der Waals surface area contributed by atoms with E-state index in [9.17, 15) is 4.79 Å². The fourth-order valence-corrected chi connectivity index (χ4v) is 3.51. The molecule has 6 nitrogen and oxygen atoms in total. The van der Waals surface area contributed by atoms with Gasteiger partial charge >= 0.3 is 0 Å². The number of aryl methyl sites for hydroxylation is 1. The van der Waals surface area contributed by atoms with E-state index in [2.05, 4.69) is 39.8 Å². The third-order valence-electron chi connectivity index (χ3n) is 4.52. The summed E-state index contributed by atoms with van der Waals surface area (Å²) in [6.45, 7) is 10.3. The summed E-state index contributed by atoms with van der Waals surface area (Å²) in [5.74, 6) is 0.735. The van der Waals surface area contributed by atoms with Crippen molar-refractivity contribution in [1.82, 2.24) is 20.9 Å². The van der Waals surface area contributed by atoms with E-state index in [4.69, 9.17) is 0 Å². The molecule has 0 radical (unpaired) electrons. The summed E-state index contributed by atoms with van der Waals surface area (Å²) in [4.78, 5) is 22.8. The molecule has 29 heavy (non-hydrogen) atoms. The quantitative estimate of drug-likeness (QED) is 0.410. The number of amides is 1. The van der Waals surface area contributed by atoms with Crippen LogP contribution in [0.15, 0.2) is 35.5 Å². The third-order valence-corrected chi connectivity index (χ3v) is 5.73. The molecule has 7 heteroatoms. The number of carbonyl (C=O) groups is 1. The number of hydrogen-bond donors (Lipinski definition) is 3. The molecule has 1 aromatic carbocycles. The Labute approximate surface area is 178 Å². The van der Waals surface area contributed by atoms with Gasteiger partial charge in [0.25, 0.3) is 5.91 Å². The van der Waals surface area contributed by atoms with Crippen molar-refractivity contribution in [3.63, 3.8) is 0 Å². The van der Waals surface area contributed by atoms with Crippen LogP contribution in [0, 0.1) is 0 Å². The molecule has 0 spiro atoms. The number of nitrogens with zero attached hydrogens (tertiary/aromatic N) is 2. The SMILES string of the molecule is CCNC(=NCc1cccc(C(=O)NC(C)CC)c1)NCCc1ncc(CC)s1. The normalized spacial score (nSPS) is 12.5. The van der Waals surface area contributed by atoms with Crippen LogP contribution in [0.3, 0.4) is 0 Å². The summed E-state index contributed by atoms with van der Waals surface area (Å²) in [7, 11) is 0. The largest absolute Gasteiger partial charge is 0.357 e. The van der Waals surface area contributed by atoms with Crippen LogP contribution in [0.4, 0.5) is 0 Å². The number of hydrogen-bond acceptors (Lipinski definition) is 4. The molecule has 0 aliphatic heterocycles. The maximum absolute atomic E-state index is 12.3. The maximum Gasteiger partial charge on any atom is 0.251 e. The zero-order valence-corrected chi connectivity index (χ0v) is 18.7. The molecule has 1 aromatic heterocycles. The third kappa shape index (κ3) is 7.85. The molecule has 1 atom stereocenters. The summed E-state index contributed by atoms with van der Waals surface area (Å²) in [5.41, 5.74) is 1.68. The first kappa shape index (κ1) is 22.9. The van der Waals surface area contributed by atoms with E-state index in [-0.39, 0.29) is 11.9 Å². The zero-order valence-electron chi connectivity index (χ0n) is 17.9. The van der Waals surface area contributed by atoms with Crippen LogP contribution < -0.4 is 16.0 Å². The van der Waals surface area contributed by atoms with Gasteiger partial charge in [0, 0.05) is 42.2 Å². The molecule has 2 rings (SSSR count). The van der Waals surface area contributed by atoms with Crippen LogP contribution in [0.5, 0.6) is 0 Å². The molecule has 158 valence electrons. The smallest absolute Gasteiger partial charge is 0.251 e. The van der Waals surface area contributed by atoms with E-state index in [1.54, 1.807) is 11.3 Å². The molecule has 0 aliphatic rings. The second-order valence-electron chi connectivity index (χ2n) is 6.93. The fraction of sp³-hybridized carbons (Fsp3) is 0.500. The molecule has 0 bridgehead atoms. The van der Waals surface area contributed by atoms with E-state index in [1.165, 1.54) is 4.88 Å². The lowest BCUT2D eigenvalue weighted by molar-refractivity contribution is 0.0939. The average Bonchev–Trinajstić information content (AvgIpc) is 3.20. The van der Waals surface area contributed by atoms with E-state index in [0.717, 1.165) is 48.9 Å². The number of guanidine groups is 1. The van der Waals surface area contributed by atoms with Gasteiger partial charge in [-0.3, -0.25) is 4.79 Å². The lowest BCUT2D eigenvalue weighted by atomic mass is 10.1. The summed E-state index contributed by atoms with van der Waals surface area (Å²) in [6, 6.07) is 7.82. The van der Waals surface area contributed by atoms with Gasteiger partial charge in [-0.25, -0.2) is 9.98 Å². The van der Waals surface area contributed by atoms with Crippen molar-refractivity contribution in [3.05, 3.63) is 51.5 Å². The van der Waals surface area contributed by atoms with E-state index < -0.39 is 0 Å². The first-order valence-electron chi connectivity index (χ1n) is 10.4. The second kappa shape index (κ2) is 12.2. The highest BCUT2D eigenvalue weighted by molar-refractivity contribution is 7.11. The number of benzene rings is 1. The minimum Gasteiger partial charge on any atom is -0.357 e. The topological polar surface area (TPSA) is 78.4 Å². The Hall–Kier alpha value is -2.41. The van der Waals surface area contributed by atoms with Gasteiger partial charge in [0.1, 0.15) is 0 Å². The Bertz CT molecular complexity index is 802. The number of rotatable bonds is 10. The monoisotopic (exact) mass is 415 g/mol. The predicted octanol–water partition coefficient (Wildman–Crippen LogP) is 3.53. The van der Waals surface area contributed by atoms with Gasteiger partial charge in [0.2, 0.25) is 0 Å². The highest BCUT2D eigenvalue weighted by Crippen LogP contribution is 2.13. The van der Waals surface area contributed by atoms with E-state index >= 15 is 0 Å². The summed E-state index contributed by atoms with van der Waals surface area (Å²) in [6.07, 6.45) is 4.78. The van der Waals surface area contributed by atoms with Crippen LogP contribution >= 0.6 is 11.3 Å². The minimum absolute atomic E-state index is 0.0369. The van der Waals surface area contributed by atoms with Gasteiger partial charge in [-0.05, 0) is 44.4 Å². The molecule has 0 saturated carbocycles. The van der Waals surface area contributed by atoms with Crippen molar-refractivity contribution in [2.75, 3.05) is 13.1 Å². The number of thiazole rings is 1. The highest BCUT2D eigenvalue weighted by atomic mass is 32.1. The molecular formula is C22H33N5OS. The van der Waals surface area contributed by atoms with Crippen LogP contribution in [0.1, 0.15) is 59.9 Å². The van der Waals surface area contributed by atoms with Crippen molar-refractivity contribution in [1.29, 1.82) is 0 Å². The Morgan fingerprint density at radius 2 is 2.07 bits per heavy atom. The molecular weight excluding hydrogens is 382 g/mol. The molecule has 0 saturated heterocycles. The Morgan fingerprint density at radius 3 is 2.76 bits per heavy atom. The van der Waals surface area contributed by atoms with Gasteiger partial charge in [0.15, 0.2) is 5.96 Å². The molecule has 0 fully saturated rings. The van der Waals surface area contributed by atoms with Gasteiger partial charge in [0.05, 0.1) is 11.6 Å². The van der Waals surface area contributed by atoms with Crippen molar-refractivity contribution >= 4 is 23.2 Å². The lowest BCUT2D eigenvalue weighted by Gasteiger charge is -2.12. The second-order valence-corrected chi connectivity index (χ2v) is 8.13. The number of carbonyl (C=O) groups excluding carboxylic acids is 1. The molecule has 2 aromatic rings. The van der Waals surface area contributed by atoms with Gasteiger partial charge < -0.3 is 16.0 Å². The Morgan fingerprint density at radius 1 is 1.24 bits per heavy atom. The predicted molar refractivity (Wildman–Crippen MR) is 122 cm³/mol. The van der Waals surface area contributed by atoms with Gasteiger partial charge in [-0.15, -0.1) is 11.3 Å². The highest BCUT2D eigenvalue weighted by Gasteiger charge is 2.09. The Balaban J connectivity index is 1.93. The molecule has 1 unspecified atom stereocenters. The fourth-order valence-electron chi connectivity index (χ4n) is 2.65. The summed E-state index contributed by atoms with van der Waals surface area (Å²) in [5, 5.41) is 10.8. The molecule has 1 heterocycles. The van der Waals surface area contributed by atoms with Crippen molar-refractivity contribution in [2.45, 2.75) is 59.5 Å². The standard InChI is InChI=1S/C22H33N5OS/c1-5-16(4)27-21(28)18-10-8-9-17(13-18)14-26-22(23-7-3)24-12-11-20-25-15-19(6-2)29-20/h8-10,13,15-16H,5-7,11-12,14H2,1-4H3,(H,27,28)(H2,23,24,26). The Kier molecular flexibility index (Phi) is 9.64. The van der Waals surface area contributed by atoms with Crippen molar-refractivity contribution in [3.8, 4) is 0 Å². The van der Waals surface area contributed by atoms with Crippen molar-refractivity contribution in [2.24, 2.45) is 4.99 Å². The van der Waals surface area contributed by atoms with Crippen LogP contribution in [-0.2, 0) is 19.4 Å². The first-order chi connectivity index (χ1) is 14.0.